The highest BCUT2D eigenvalue weighted by Gasteiger charge is 2.23. The molecule has 3 heterocycles. The van der Waals surface area contributed by atoms with E-state index in [1.165, 1.54) is 13.3 Å². The number of nitrogens with zero attached hydrogens (tertiary/aromatic N) is 2. The molecule has 0 amide bonds. The van der Waals surface area contributed by atoms with Crippen LogP contribution in [0.15, 0.2) is 47.6 Å². The van der Waals surface area contributed by atoms with E-state index < -0.39 is 21.7 Å². The Kier molecular flexibility index (Phi) is 4.12. The van der Waals surface area contributed by atoms with Gasteiger partial charge in [0.25, 0.3) is 10.0 Å². The van der Waals surface area contributed by atoms with Gasteiger partial charge in [-0.15, -0.1) is 0 Å². The van der Waals surface area contributed by atoms with Crippen LogP contribution in [0.3, 0.4) is 0 Å². The first-order valence-electron chi connectivity index (χ1n) is 7.68. The van der Waals surface area contributed by atoms with Crippen LogP contribution in [0.2, 0.25) is 5.02 Å². The van der Waals surface area contributed by atoms with Gasteiger partial charge >= 0.3 is 0 Å². The Labute approximate surface area is 158 Å². The SMILES string of the molecule is COc1nc(NS(=O)(=O)c2cnc3c2ccc2ccc[nH]c23)c(F)cc1Cl. The largest absolute Gasteiger partial charge is 0.480 e. The number of anilines is 1. The van der Waals surface area contributed by atoms with Crippen molar-refractivity contribution >= 4 is 49.2 Å². The van der Waals surface area contributed by atoms with Gasteiger partial charge in [0.2, 0.25) is 5.88 Å². The van der Waals surface area contributed by atoms with Crippen LogP contribution >= 0.6 is 11.6 Å². The van der Waals surface area contributed by atoms with Crippen LogP contribution < -0.4 is 9.46 Å². The molecule has 1 aromatic carbocycles. The van der Waals surface area contributed by atoms with E-state index in [1.54, 1.807) is 18.3 Å². The molecule has 3 aromatic heterocycles. The van der Waals surface area contributed by atoms with Gasteiger partial charge in [-0.3, -0.25) is 9.71 Å². The predicted octanol–water partition coefficient (Wildman–Crippen LogP) is 3.71. The topological polar surface area (TPSA) is 97.0 Å². The van der Waals surface area contributed by atoms with Crippen molar-refractivity contribution in [3.05, 3.63) is 53.6 Å². The summed E-state index contributed by atoms with van der Waals surface area (Å²) in [5.41, 5.74) is 1.20. The molecular weight excluding hydrogens is 395 g/mol. The number of benzene rings is 1. The third kappa shape index (κ3) is 2.94. The molecule has 0 bridgehead atoms. The Morgan fingerprint density at radius 1 is 1.30 bits per heavy atom. The van der Waals surface area contributed by atoms with Crippen molar-refractivity contribution in [1.29, 1.82) is 0 Å². The minimum absolute atomic E-state index is 0.0691. The lowest BCUT2D eigenvalue weighted by Gasteiger charge is -2.10. The summed E-state index contributed by atoms with van der Waals surface area (Å²) in [6.45, 7) is 0. The van der Waals surface area contributed by atoms with Crippen LogP contribution in [0.25, 0.3) is 21.8 Å². The van der Waals surface area contributed by atoms with Crippen molar-refractivity contribution in [2.45, 2.75) is 4.90 Å². The Balaban J connectivity index is 1.82. The molecule has 10 heteroatoms. The molecule has 0 radical (unpaired) electrons. The molecule has 0 unspecified atom stereocenters. The number of rotatable bonds is 4. The van der Waals surface area contributed by atoms with Crippen LogP contribution in [-0.2, 0) is 10.0 Å². The normalized spacial score (nSPS) is 11.8. The van der Waals surface area contributed by atoms with Crippen LogP contribution in [0.5, 0.6) is 5.88 Å². The predicted molar refractivity (Wildman–Crippen MR) is 100 cm³/mol. The summed E-state index contributed by atoms with van der Waals surface area (Å²) < 4.78 is 46.8. The standard InChI is InChI=1S/C17H12ClFN4O3S/c1-26-17-11(18)7-12(19)16(22-17)23-27(24,25)13-8-21-15-10(13)5-4-9-3-2-6-20-14(9)15/h2-8,20H,1H3,(H,22,23). The fraction of sp³-hybridized carbons (Fsp3) is 0.0588. The Hall–Kier alpha value is -2.91. The molecule has 27 heavy (non-hydrogen) atoms. The van der Waals surface area contributed by atoms with Crippen LogP contribution in [-0.4, -0.2) is 30.5 Å². The zero-order chi connectivity index (χ0) is 19.2. The third-order valence-electron chi connectivity index (χ3n) is 4.00. The van der Waals surface area contributed by atoms with Gasteiger partial charge in [0.05, 0.1) is 18.1 Å². The number of ether oxygens (including phenoxy) is 1. The molecule has 0 aliphatic heterocycles. The van der Waals surface area contributed by atoms with E-state index in [0.717, 1.165) is 11.5 Å². The van der Waals surface area contributed by atoms with E-state index in [0.29, 0.717) is 16.4 Å². The van der Waals surface area contributed by atoms with Gasteiger partial charge in [-0.05, 0) is 6.07 Å². The van der Waals surface area contributed by atoms with Crippen molar-refractivity contribution in [1.82, 2.24) is 15.0 Å². The smallest absolute Gasteiger partial charge is 0.265 e. The van der Waals surface area contributed by atoms with Gasteiger partial charge in [0.1, 0.15) is 9.92 Å². The average Bonchev–Trinajstić information content (AvgIpc) is 3.09. The zero-order valence-electron chi connectivity index (χ0n) is 13.8. The number of pyridine rings is 2. The highest BCUT2D eigenvalue weighted by molar-refractivity contribution is 7.93. The second kappa shape index (κ2) is 6.36. The second-order valence-electron chi connectivity index (χ2n) is 5.63. The number of hydrogen-bond acceptors (Lipinski definition) is 5. The Morgan fingerprint density at radius 3 is 2.89 bits per heavy atom. The van der Waals surface area contributed by atoms with Crippen LogP contribution in [0.1, 0.15) is 0 Å². The van der Waals surface area contributed by atoms with Gasteiger partial charge in [0, 0.05) is 29.2 Å². The number of aromatic nitrogens is 3. The molecule has 2 N–H and O–H groups in total. The molecule has 138 valence electrons. The number of nitrogens with one attached hydrogen (secondary N) is 2. The third-order valence-corrected chi connectivity index (χ3v) is 5.63. The molecule has 4 rings (SSSR count). The van der Waals surface area contributed by atoms with E-state index in [9.17, 15) is 12.8 Å². The molecule has 4 aromatic rings. The molecule has 0 saturated carbocycles. The molecule has 0 saturated heterocycles. The van der Waals surface area contributed by atoms with Crippen molar-refractivity contribution < 1.29 is 17.5 Å². The van der Waals surface area contributed by atoms with Gasteiger partial charge in [-0.1, -0.05) is 29.8 Å². The summed E-state index contributed by atoms with van der Waals surface area (Å²) in [6, 6.07) is 8.07. The summed E-state index contributed by atoms with van der Waals surface area (Å²) in [7, 11) is -2.86. The van der Waals surface area contributed by atoms with E-state index in [2.05, 4.69) is 19.7 Å². The Morgan fingerprint density at radius 2 is 2.11 bits per heavy atom. The van der Waals surface area contributed by atoms with Crippen molar-refractivity contribution in [3.8, 4) is 5.88 Å². The summed E-state index contributed by atoms with van der Waals surface area (Å²) in [6.07, 6.45) is 2.94. The van der Waals surface area contributed by atoms with Gasteiger partial charge in [-0.25, -0.2) is 12.8 Å². The highest BCUT2D eigenvalue weighted by Crippen LogP contribution is 2.31. The van der Waals surface area contributed by atoms with Crippen LogP contribution in [0, 0.1) is 5.82 Å². The van der Waals surface area contributed by atoms with Crippen molar-refractivity contribution in [3.63, 3.8) is 0 Å². The first kappa shape index (κ1) is 17.5. The summed E-state index contributed by atoms with van der Waals surface area (Å²) in [5.74, 6) is -1.54. The van der Waals surface area contributed by atoms with Gasteiger partial charge in [-0.2, -0.15) is 4.98 Å². The van der Waals surface area contributed by atoms with E-state index in [4.69, 9.17) is 16.3 Å². The lowest BCUT2D eigenvalue weighted by atomic mass is 10.1. The Bertz CT molecular complexity index is 1290. The quantitative estimate of drug-likeness (QED) is 0.538. The molecular formula is C17H12ClFN4O3S. The minimum Gasteiger partial charge on any atom is -0.480 e. The molecule has 0 aliphatic carbocycles. The van der Waals surface area contributed by atoms with Crippen molar-refractivity contribution in [2.75, 3.05) is 11.8 Å². The van der Waals surface area contributed by atoms with E-state index >= 15 is 0 Å². The number of aromatic amines is 1. The van der Waals surface area contributed by atoms with E-state index in [1.807, 2.05) is 12.1 Å². The summed E-state index contributed by atoms with van der Waals surface area (Å²) in [5, 5.41) is 1.22. The molecule has 0 atom stereocenters. The number of hydrogen-bond donors (Lipinski definition) is 2. The lowest BCUT2D eigenvalue weighted by Crippen LogP contribution is -2.15. The number of sulfonamides is 1. The fourth-order valence-electron chi connectivity index (χ4n) is 2.77. The highest BCUT2D eigenvalue weighted by atomic mass is 35.5. The minimum atomic E-state index is -4.15. The van der Waals surface area contributed by atoms with Crippen LogP contribution in [0.4, 0.5) is 10.2 Å². The molecule has 0 spiro atoms. The molecule has 0 fully saturated rings. The fourth-order valence-corrected chi connectivity index (χ4v) is 4.14. The zero-order valence-corrected chi connectivity index (χ0v) is 15.4. The number of H-pyrrole nitrogens is 1. The number of fused-ring (bicyclic) bond motifs is 3. The van der Waals surface area contributed by atoms with Gasteiger partial charge < -0.3 is 9.72 Å². The molecule has 0 aliphatic rings. The average molecular weight is 407 g/mol. The lowest BCUT2D eigenvalue weighted by molar-refractivity contribution is 0.397. The van der Waals surface area contributed by atoms with Crippen molar-refractivity contribution in [2.24, 2.45) is 0 Å². The maximum absolute atomic E-state index is 14.1. The van der Waals surface area contributed by atoms with E-state index in [-0.39, 0.29) is 15.8 Å². The second-order valence-corrected chi connectivity index (χ2v) is 7.69. The first-order valence-corrected chi connectivity index (χ1v) is 9.54. The maximum atomic E-state index is 14.1. The summed E-state index contributed by atoms with van der Waals surface area (Å²) in [4.78, 5) is 11.0. The number of halogens is 2. The maximum Gasteiger partial charge on any atom is 0.265 e. The number of methoxy groups -OCH3 is 1. The molecule has 7 nitrogen and oxygen atoms in total. The van der Waals surface area contributed by atoms with Gasteiger partial charge in [0.15, 0.2) is 11.6 Å². The monoisotopic (exact) mass is 406 g/mol. The first-order chi connectivity index (χ1) is 12.9. The summed E-state index contributed by atoms with van der Waals surface area (Å²) >= 11 is 5.79.